The first-order chi connectivity index (χ1) is 10.6. The van der Waals surface area contributed by atoms with Gasteiger partial charge in [-0.25, -0.2) is 8.78 Å². The largest absolute Gasteiger partial charge is 0.481 e. The number of halogens is 3. The van der Waals surface area contributed by atoms with Crippen molar-refractivity contribution in [3.8, 4) is 5.75 Å². The van der Waals surface area contributed by atoms with Gasteiger partial charge < -0.3 is 15.0 Å². The second-order valence-electron chi connectivity index (χ2n) is 5.50. The Balaban J connectivity index is 0.00000264. The van der Waals surface area contributed by atoms with Crippen LogP contribution < -0.4 is 10.1 Å². The van der Waals surface area contributed by atoms with Crippen LogP contribution in [0.3, 0.4) is 0 Å². The summed E-state index contributed by atoms with van der Waals surface area (Å²) in [6.45, 7) is 5.19. The van der Waals surface area contributed by atoms with Gasteiger partial charge in [0.05, 0.1) is 0 Å². The summed E-state index contributed by atoms with van der Waals surface area (Å²) in [5.41, 5.74) is 0. The van der Waals surface area contributed by atoms with Crippen LogP contribution in [0.2, 0.25) is 0 Å². The van der Waals surface area contributed by atoms with Crippen molar-refractivity contribution in [1.29, 1.82) is 0 Å². The second-order valence-corrected chi connectivity index (χ2v) is 5.50. The molecule has 0 bridgehead atoms. The summed E-state index contributed by atoms with van der Waals surface area (Å²) in [6.07, 6.45) is 1.92. The van der Waals surface area contributed by atoms with Crippen LogP contribution in [-0.2, 0) is 4.79 Å². The Morgan fingerprint density at radius 1 is 1.35 bits per heavy atom. The number of likely N-dealkylation sites (tertiary alicyclic amines) is 1. The lowest BCUT2D eigenvalue weighted by atomic mass is 9.97. The molecule has 1 aromatic carbocycles. The molecule has 0 atom stereocenters. The summed E-state index contributed by atoms with van der Waals surface area (Å²) in [7, 11) is 0. The molecule has 1 heterocycles. The van der Waals surface area contributed by atoms with Crippen molar-refractivity contribution >= 4 is 18.3 Å². The minimum Gasteiger partial charge on any atom is -0.481 e. The molecule has 23 heavy (non-hydrogen) atoms. The van der Waals surface area contributed by atoms with E-state index in [2.05, 4.69) is 12.2 Å². The van der Waals surface area contributed by atoms with E-state index in [1.165, 1.54) is 6.07 Å². The van der Waals surface area contributed by atoms with E-state index in [4.69, 9.17) is 4.74 Å². The SMILES string of the molecule is CCNCC1CCN(C(=O)COc2ccc(F)cc2F)CC1.Cl. The fourth-order valence-corrected chi connectivity index (χ4v) is 2.56. The molecule has 7 heteroatoms. The lowest BCUT2D eigenvalue weighted by molar-refractivity contribution is -0.134. The molecule has 130 valence electrons. The van der Waals surface area contributed by atoms with Gasteiger partial charge in [0.1, 0.15) is 5.82 Å². The lowest BCUT2D eigenvalue weighted by Crippen LogP contribution is -2.42. The fraction of sp³-hybridized carbons (Fsp3) is 0.562. The summed E-state index contributed by atoms with van der Waals surface area (Å²) < 4.78 is 31.4. The lowest BCUT2D eigenvalue weighted by Gasteiger charge is -2.32. The predicted octanol–water partition coefficient (Wildman–Crippen LogP) is 2.61. The number of hydrogen-bond acceptors (Lipinski definition) is 3. The van der Waals surface area contributed by atoms with Crippen LogP contribution in [0.1, 0.15) is 19.8 Å². The summed E-state index contributed by atoms with van der Waals surface area (Å²) in [6, 6.07) is 3.04. The van der Waals surface area contributed by atoms with Crippen molar-refractivity contribution in [2.75, 3.05) is 32.8 Å². The molecule has 0 radical (unpaired) electrons. The molecule has 1 aromatic rings. The van der Waals surface area contributed by atoms with Crippen LogP contribution in [0.15, 0.2) is 18.2 Å². The van der Waals surface area contributed by atoms with E-state index in [9.17, 15) is 13.6 Å². The van der Waals surface area contributed by atoms with E-state index in [-0.39, 0.29) is 30.7 Å². The van der Waals surface area contributed by atoms with E-state index < -0.39 is 11.6 Å². The van der Waals surface area contributed by atoms with Crippen molar-refractivity contribution in [1.82, 2.24) is 10.2 Å². The highest BCUT2D eigenvalue weighted by Gasteiger charge is 2.22. The van der Waals surface area contributed by atoms with Crippen LogP contribution in [0.4, 0.5) is 8.78 Å². The van der Waals surface area contributed by atoms with Crippen molar-refractivity contribution in [2.45, 2.75) is 19.8 Å². The molecule has 1 saturated heterocycles. The predicted molar refractivity (Wildman–Crippen MR) is 86.9 cm³/mol. The number of nitrogens with one attached hydrogen (secondary N) is 1. The summed E-state index contributed by atoms with van der Waals surface area (Å²) in [4.78, 5) is 13.8. The maximum absolute atomic E-state index is 13.4. The Bertz CT molecular complexity index is 509. The average Bonchev–Trinajstić information content (AvgIpc) is 2.52. The van der Waals surface area contributed by atoms with Crippen LogP contribution in [0.5, 0.6) is 5.75 Å². The highest BCUT2D eigenvalue weighted by atomic mass is 35.5. The van der Waals surface area contributed by atoms with Crippen LogP contribution >= 0.6 is 12.4 Å². The molecule has 0 aromatic heterocycles. The van der Waals surface area contributed by atoms with Gasteiger partial charge in [0.15, 0.2) is 18.2 Å². The van der Waals surface area contributed by atoms with Crippen LogP contribution in [0, 0.1) is 17.6 Å². The number of carbonyl (C=O) groups excluding carboxylic acids is 1. The Hall–Kier alpha value is -1.40. The molecule has 1 aliphatic rings. The molecular weight excluding hydrogens is 326 g/mol. The van der Waals surface area contributed by atoms with Gasteiger partial charge in [-0.05, 0) is 44.0 Å². The molecule has 0 unspecified atom stereocenters. The minimum atomic E-state index is -0.794. The van der Waals surface area contributed by atoms with Gasteiger partial charge in [0.25, 0.3) is 5.91 Å². The van der Waals surface area contributed by atoms with Gasteiger partial charge in [0, 0.05) is 19.2 Å². The number of ether oxygens (including phenoxy) is 1. The number of piperidine rings is 1. The summed E-state index contributed by atoms with van der Waals surface area (Å²) in [5, 5.41) is 3.32. The van der Waals surface area contributed by atoms with Crippen LogP contribution in [-0.4, -0.2) is 43.6 Å². The number of amides is 1. The molecule has 0 aliphatic carbocycles. The standard InChI is InChI=1S/C16H22F2N2O2.ClH/c1-2-19-10-12-5-7-20(8-6-12)16(21)11-22-15-4-3-13(17)9-14(15)18;/h3-4,9,12,19H,2,5-8,10-11H2,1H3;1H. The van der Waals surface area contributed by atoms with Crippen molar-refractivity contribution in [3.63, 3.8) is 0 Å². The van der Waals surface area contributed by atoms with E-state index >= 15 is 0 Å². The Morgan fingerprint density at radius 3 is 2.65 bits per heavy atom. The maximum atomic E-state index is 13.4. The minimum absolute atomic E-state index is 0. The fourth-order valence-electron chi connectivity index (χ4n) is 2.56. The second kappa shape index (κ2) is 9.67. The quantitative estimate of drug-likeness (QED) is 0.859. The maximum Gasteiger partial charge on any atom is 0.260 e. The number of nitrogens with zero attached hydrogens (tertiary/aromatic N) is 1. The smallest absolute Gasteiger partial charge is 0.260 e. The topological polar surface area (TPSA) is 41.6 Å². The monoisotopic (exact) mass is 348 g/mol. The van der Waals surface area contributed by atoms with Crippen molar-refractivity contribution in [3.05, 3.63) is 29.8 Å². The molecule has 4 nitrogen and oxygen atoms in total. The Labute approximate surface area is 141 Å². The molecular formula is C16H23ClF2N2O2. The van der Waals surface area contributed by atoms with Gasteiger partial charge in [-0.2, -0.15) is 0 Å². The summed E-state index contributed by atoms with van der Waals surface area (Å²) in [5.74, 6) is -1.13. The first-order valence-corrected chi connectivity index (χ1v) is 7.66. The van der Waals surface area contributed by atoms with E-state index in [1.54, 1.807) is 4.90 Å². The third-order valence-electron chi connectivity index (χ3n) is 3.90. The zero-order chi connectivity index (χ0) is 15.9. The zero-order valence-corrected chi connectivity index (χ0v) is 14.0. The van der Waals surface area contributed by atoms with Gasteiger partial charge in [-0.15, -0.1) is 12.4 Å². The van der Waals surface area contributed by atoms with Gasteiger partial charge >= 0.3 is 0 Å². The summed E-state index contributed by atoms with van der Waals surface area (Å²) >= 11 is 0. The molecule has 2 rings (SSSR count). The third kappa shape index (κ3) is 5.95. The number of carbonyl (C=O) groups is 1. The highest BCUT2D eigenvalue weighted by Crippen LogP contribution is 2.19. The van der Waals surface area contributed by atoms with Gasteiger partial charge in [-0.1, -0.05) is 6.92 Å². The van der Waals surface area contributed by atoms with E-state index in [1.807, 2.05) is 0 Å². The van der Waals surface area contributed by atoms with Crippen LogP contribution in [0.25, 0.3) is 0 Å². The molecule has 1 N–H and O–H groups in total. The Morgan fingerprint density at radius 2 is 2.04 bits per heavy atom. The van der Waals surface area contributed by atoms with E-state index in [0.717, 1.165) is 38.1 Å². The average molecular weight is 349 g/mol. The number of hydrogen-bond donors (Lipinski definition) is 1. The van der Waals surface area contributed by atoms with E-state index in [0.29, 0.717) is 19.0 Å². The molecule has 0 spiro atoms. The molecule has 1 fully saturated rings. The molecule has 1 aliphatic heterocycles. The normalized spacial score (nSPS) is 15.2. The zero-order valence-electron chi connectivity index (χ0n) is 13.2. The van der Waals surface area contributed by atoms with Crippen molar-refractivity contribution < 1.29 is 18.3 Å². The first-order valence-electron chi connectivity index (χ1n) is 7.66. The first kappa shape index (κ1) is 19.6. The van der Waals surface area contributed by atoms with Crippen molar-refractivity contribution in [2.24, 2.45) is 5.92 Å². The number of benzene rings is 1. The van der Waals surface area contributed by atoms with Gasteiger partial charge in [0.2, 0.25) is 0 Å². The molecule has 0 saturated carbocycles. The Kier molecular flexibility index (Phi) is 8.26. The molecule has 1 amide bonds. The highest BCUT2D eigenvalue weighted by molar-refractivity contribution is 5.85. The number of rotatable bonds is 6. The third-order valence-corrected chi connectivity index (χ3v) is 3.90. The van der Waals surface area contributed by atoms with Gasteiger partial charge in [-0.3, -0.25) is 4.79 Å².